The van der Waals surface area contributed by atoms with Gasteiger partial charge in [-0.2, -0.15) is 0 Å². The molecule has 1 aromatic heterocycles. The molecular formula is C14H22ClN3O5S3. The van der Waals surface area contributed by atoms with Crippen molar-refractivity contribution in [3.63, 3.8) is 0 Å². The van der Waals surface area contributed by atoms with Crippen molar-refractivity contribution in [2.45, 2.75) is 21.8 Å². The van der Waals surface area contributed by atoms with Crippen LogP contribution in [0.1, 0.15) is 18.9 Å². The fourth-order valence-corrected chi connectivity index (χ4v) is 7.08. The van der Waals surface area contributed by atoms with E-state index < -0.39 is 20.0 Å². The highest BCUT2D eigenvalue weighted by atomic mass is 35.5. The largest absolute Gasteiger partial charge is 0.379 e. The van der Waals surface area contributed by atoms with Crippen molar-refractivity contribution in [3.8, 4) is 0 Å². The highest BCUT2D eigenvalue weighted by Gasteiger charge is 2.36. The molecule has 0 atom stereocenters. The summed E-state index contributed by atoms with van der Waals surface area (Å²) in [5, 5.41) is 5.17. The Hall–Kier alpha value is -0.690. The molecule has 0 bridgehead atoms. The lowest BCUT2D eigenvalue weighted by molar-refractivity contribution is 0.0406. The molecule has 148 valence electrons. The van der Waals surface area contributed by atoms with E-state index in [9.17, 15) is 16.8 Å². The van der Waals surface area contributed by atoms with Crippen LogP contribution in [0.3, 0.4) is 0 Å². The number of hydrogen-bond acceptors (Lipinski definition) is 7. The van der Waals surface area contributed by atoms with Gasteiger partial charge < -0.3 is 4.74 Å². The SMILES string of the molecule is CCCN1C(CN2CCOCC2)=Cc2cc(S(N)(=O)=O)sc2S1(=O)=O.Cl. The molecule has 2 aliphatic rings. The molecule has 3 rings (SSSR count). The third kappa shape index (κ3) is 4.24. The number of rotatable bonds is 5. The summed E-state index contributed by atoms with van der Waals surface area (Å²) in [6.45, 7) is 5.43. The van der Waals surface area contributed by atoms with Gasteiger partial charge in [0.15, 0.2) is 0 Å². The molecule has 8 nitrogen and oxygen atoms in total. The van der Waals surface area contributed by atoms with E-state index in [2.05, 4.69) is 4.90 Å². The van der Waals surface area contributed by atoms with E-state index in [1.54, 1.807) is 6.08 Å². The molecule has 0 amide bonds. The lowest BCUT2D eigenvalue weighted by atomic mass is 10.2. The van der Waals surface area contributed by atoms with Crippen molar-refractivity contribution < 1.29 is 21.6 Å². The summed E-state index contributed by atoms with van der Waals surface area (Å²) in [4.78, 5) is 2.13. The Morgan fingerprint density at radius 3 is 2.54 bits per heavy atom. The van der Waals surface area contributed by atoms with Gasteiger partial charge in [0.1, 0.15) is 8.42 Å². The topological polar surface area (TPSA) is 110 Å². The minimum absolute atomic E-state index is 0. The van der Waals surface area contributed by atoms with Gasteiger partial charge >= 0.3 is 0 Å². The zero-order valence-corrected chi connectivity index (χ0v) is 17.5. The smallest absolute Gasteiger partial charge is 0.274 e. The zero-order valence-electron chi connectivity index (χ0n) is 14.3. The van der Waals surface area contributed by atoms with Crippen LogP contribution in [0.25, 0.3) is 6.08 Å². The van der Waals surface area contributed by atoms with Gasteiger partial charge in [0.25, 0.3) is 10.0 Å². The van der Waals surface area contributed by atoms with E-state index >= 15 is 0 Å². The average Bonchev–Trinajstić information content (AvgIpc) is 2.97. The molecule has 1 aromatic rings. The summed E-state index contributed by atoms with van der Waals surface area (Å²) >= 11 is 0.706. The van der Waals surface area contributed by atoms with Crippen molar-refractivity contribution in [2.75, 3.05) is 39.4 Å². The van der Waals surface area contributed by atoms with Crippen LogP contribution in [0.4, 0.5) is 0 Å². The van der Waals surface area contributed by atoms with Gasteiger partial charge in [0.2, 0.25) is 10.0 Å². The maximum atomic E-state index is 13.0. The Balaban J connectivity index is 0.00000243. The summed E-state index contributed by atoms with van der Waals surface area (Å²) in [6, 6.07) is 1.34. The summed E-state index contributed by atoms with van der Waals surface area (Å²) in [5.41, 5.74) is 1.04. The second-order valence-electron chi connectivity index (χ2n) is 5.95. The highest BCUT2D eigenvalue weighted by Crippen LogP contribution is 2.38. The summed E-state index contributed by atoms with van der Waals surface area (Å²) in [6.07, 6.45) is 2.41. The van der Waals surface area contributed by atoms with Crippen LogP contribution in [0.5, 0.6) is 0 Å². The molecular weight excluding hydrogens is 422 g/mol. The van der Waals surface area contributed by atoms with Gasteiger partial charge in [-0.1, -0.05) is 6.92 Å². The van der Waals surface area contributed by atoms with Gasteiger partial charge in [0, 0.05) is 37.4 Å². The zero-order chi connectivity index (χ0) is 18.2. The second-order valence-corrected chi connectivity index (χ2v) is 10.9. The van der Waals surface area contributed by atoms with E-state index in [4.69, 9.17) is 9.88 Å². The quantitative estimate of drug-likeness (QED) is 0.724. The highest BCUT2D eigenvalue weighted by molar-refractivity contribution is 7.94. The Labute approximate surface area is 164 Å². The van der Waals surface area contributed by atoms with E-state index in [-0.39, 0.29) is 20.8 Å². The molecule has 3 heterocycles. The molecule has 1 fully saturated rings. The molecule has 1 saturated heterocycles. The Morgan fingerprint density at radius 1 is 1.31 bits per heavy atom. The van der Waals surface area contributed by atoms with Crippen LogP contribution in [-0.2, 0) is 24.8 Å². The van der Waals surface area contributed by atoms with E-state index in [1.807, 2.05) is 6.92 Å². The number of fused-ring (bicyclic) bond motifs is 1. The average molecular weight is 444 g/mol. The van der Waals surface area contributed by atoms with Crippen LogP contribution in [-0.4, -0.2) is 65.4 Å². The third-order valence-corrected chi connectivity index (χ3v) is 9.01. The Kier molecular flexibility index (Phi) is 6.76. The van der Waals surface area contributed by atoms with Crippen LogP contribution in [0, 0.1) is 0 Å². The number of thiophene rings is 1. The van der Waals surface area contributed by atoms with Crippen molar-refractivity contribution in [1.29, 1.82) is 0 Å². The lowest BCUT2D eigenvalue weighted by Gasteiger charge is -2.34. The van der Waals surface area contributed by atoms with Crippen LogP contribution in [0.15, 0.2) is 20.2 Å². The van der Waals surface area contributed by atoms with Crippen molar-refractivity contribution >= 4 is 49.9 Å². The summed E-state index contributed by atoms with van der Waals surface area (Å²) in [5.74, 6) is 0. The van der Waals surface area contributed by atoms with Crippen molar-refractivity contribution in [3.05, 3.63) is 17.3 Å². The van der Waals surface area contributed by atoms with Crippen LogP contribution >= 0.6 is 23.7 Å². The third-order valence-electron chi connectivity index (χ3n) is 4.07. The standard InChI is InChI=1S/C14H21N3O5S3.ClH/c1-2-3-17-12(10-16-4-6-22-7-5-16)8-11-9-13(24(15,18)19)23-14(11)25(17,20)21;/h8-9H,2-7,10H2,1H3,(H2,15,18,19);1H. The van der Waals surface area contributed by atoms with Gasteiger partial charge in [-0.3, -0.25) is 9.21 Å². The van der Waals surface area contributed by atoms with Gasteiger partial charge in [0.05, 0.1) is 13.2 Å². The second kappa shape index (κ2) is 8.13. The minimum atomic E-state index is -3.94. The molecule has 0 aromatic carbocycles. The fourth-order valence-electron chi connectivity index (χ4n) is 2.89. The predicted octanol–water partition coefficient (Wildman–Crippen LogP) is 0.905. The van der Waals surface area contributed by atoms with Gasteiger partial charge in [-0.15, -0.1) is 23.7 Å². The number of hydrogen-bond donors (Lipinski definition) is 1. The molecule has 0 spiro atoms. The molecule has 0 aliphatic carbocycles. The lowest BCUT2D eigenvalue weighted by Crippen LogP contribution is -2.42. The first-order valence-electron chi connectivity index (χ1n) is 7.93. The normalized spacial score (nSPS) is 20.2. The number of primary sulfonamides is 1. The maximum Gasteiger partial charge on any atom is 0.274 e. The molecule has 0 saturated carbocycles. The number of morpholine rings is 1. The van der Waals surface area contributed by atoms with E-state index in [1.165, 1.54) is 10.4 Å². The number of ether oxygens (including phenoxy) is 1. The number of sulfonamides is 2. The van der Waals surface area contributed by atoms with Crippen molar-refractivity contribution in [1.82, 2.24) is 9.21 Å². The maximum absolute atomic E-state index is 13.0. The Morgan fingerprint density at radius 2 is 1.96 bits per heavy atom. The number of nitrogens with zero attached hydrogens (tertiary/aromatic N) is 2. The van der Waals surface area contributed by atoms with Gasteiger partial charge in [-0.05, 0) is 18.6 Å². The summed E-state index contributed by atoms with van der Waals surface area (Å²) < 4.78 is 55.8. The minimum Gasteiger partial charge on any atom is -0.379 e. The molecule has 26 heavy (non-hydrogen) atoms. The van der Waals surface area contributed by atoms with E-state index in [0.717, 1.165) is 13.1 Å². The van der Waals surface area contributed by atoms with Crippen molar-refractivity contribution in [2.24, 2.45) is 5.14 Å². The molecule has 2 N–H and O–H groups in total. The fraction of sp³-hybridized carbons (Fsp3) is 0.571. The number of nitrogens with two attached hydrogens (primary N) is 1. The monoisotopic (exact) mass is 443 g/mol. The molecule has 2 aliphatic heterocycles. The first-order chi connectivity index (χ1) is 11.7. The number of halogens is 1. The molecule has 0 unspecified atom stereocenters. The molecule has 0 radical (unpaired) electrons. The Bertz CT molecular complexity index is 889. The van der Waals surface area contributed by atoms with Crippen LogP contribution < -0.4 is 5.14 Å². The van der Waals surface area contributed by atoms with E-state index in [0.29, 0.717) is 55.3 Å². The first kappa shape index (κ1) is 21.6. The first-order valence-corrected chi connectivity index (χ1v) is 11.7. The molecule has 12 heteroatoms. The summed E-state index contributed by atoms with van der Waals surface area (Å²) in [7, 11) is -7.72. The van der Waals surface area contributed by atoms with Crippen LogP contribution in [0.2, 0.25) is 0 Å². The predicted molar refractivity (Wildman–Crippen MR) is 102 cm³/mol. The van der Waals surface area contributed by atoms with Gasteiger partial charge in [-0.25, -0.2) is 22.0 Å².